The van der Waals surface area contributed by atoms with Gasteiger partial charge in [0.15, 0.2) is 0 Å². The normalized spacial score (nSPS) is 34.3. The molecule has 3 atom stereocenters. The number of hydrogen-bond donors (Lipinski definition) is 3. The van der Waals surface area contributed by atoms with Crippen molar-refractivity contribution >= 4 is 11.9 Å². The van der Waals surface area contributed by atoms with Crippen LogP contribution in [0.3, 0.4) is 0 Å². The van der Waals surface area contributed by atoms with Crippen LogP contribution in [0.5, 0.6) is 0 Å². The van der Waals surface area contributed by atoms with E-state index in [-0.39, 0.29) is 11.9 Å². The van der Waals surface area contributed by atoms with Crippen molar-refractivity contribution in [1.82, 2.24) is 10.2 Å². The summed E-state index contributed by atoms with van der Waals surface area (Å²) in [5.74, 6) is -1.36. The zero-order valence-electron chi connectivity index (χ0n) is 8.93. The summed E-state index contributed by atoms with van der Waals surface area (Å²) in [6.45, 7) is 1.24. The van der Waals surface area contributed by atoms with Gasteiger partial charge in [-0.2, -0.15) is 0 Å². The second kappa shape index (κ2) is 4.39. The highest BCUT2D eigenvalue weighted by atomic mass is 16.4. The Kier molecular flexibility index (Phi) is 3.11. The number of nitrogens with zero attached hydrogens (tertiary/aromatic N) is 1. The summed E-state index contributed by atoms with van der Waals surface area (Å²) in [7, 11) is 0. The van der Waals surface area contributed by atoms with Crippen molar-refractivity contribution in [3.63, 3.8) is 0 Å². The van der Waals surface area contributed by atoms with Crippen LogP contribution < -0.4 is 5.32 Å². The van der Waals surface area contributed by atoms with Crippen LogP contribution in [0.1, 0.15) is 12.8 Å². The molecule has 2 aliphatic rings. The van der Waals surface area contributed by atoms with Crippen molar-refractivity contribution in [3.8, 4) is 0 Å². The molecule has 0 spiro atoms. The Labute approximate surface area is 93.2 Å². The number of aliphatic hydroxyl groups excluding tert-OH is 1. The molecular formula is C10H16N2O4. The van der Waals surface area contributed by atoms with Gasteiger partial charge in [-0.15, -0.1) is 0 Å². The van der Waals surface area contributed by atoms with Gasteiger partial charge in [-0.3, -0.25) is 9.59 Å². The number of aliphatic carboxylic acids is 1. The predicted octanol–water partition coefficient (Wildman–Crippen LogP) is -1.36. The fourth-order valence-corrected chi connectivity index (χ4v) is 2.29. The van der Waals surface area contributed by atoms with Gasteiger partial charge in [0.25, 0.3) is 0 Å². The fraction of sp³-hybridized carbons (Fsp3) is 0.800. The quantitative estimate of drug-likeness (QED) is 0.543. The van der Waals surface area contributed by atoms with E-state index in [0.29, 0.717) is 32.5 Å². The largest absolute Gasteiger partial charge is 0.481 e. The van der Waals surface area contributed by atoms with E-state index < -0.39 is 18.0 Å². The maximum absolute atomic E-state index is 11.9. The number of amides is 1. The fourth-order valence-electron chi connectivity index (χ4n) is 2.29. The van der Waals surface area contributed by atoms with E-state index in [0.717, 1.165) is 0 Å². The summed E-state index contributed by atoms with van der Waals surface area (Å²) in [4.78, 5) is 24.2. The number of carbonyl (C=O) groups excluding carboxylic acids is 1. The van der Waals surface area contributed by atoms with E-state index in [1.165, 1.54) is 0 Å². The Balaban J connectivity index is 1.89. The number of likely N-dealkylation sites (tertiary alicyclic amines) is 1. The molecule has 1 amide bonds. The van der Waals surface area contributed by atoms with Gasteiger partial charge in [-0.1, -0.05) is 0 Å². The summed E-state index contributed by atoms with van der Waals surface area (Å²) in [6.07, 6.45) is 0.482. The lowest BCUT2D eigenvalue weighted by Crippen LogP contribution is -2.42. The van der Waals surface area contributed by atoms with Crippen molar-refractivity contribution in [2.24, 2.45) is 5.92 Å². The van der Waals surface area contributed by atoms with Gasteiger partial charge in [-0.25, -0.2) is 0 Å². The number of carbonyl (C=O) groups is 2. The van der Waals surface area contributed by atoms with Crippen LogP contribution >= 0.6 is 0 Å². The van der Waals surface area contributed by atoms with Crippen LogP contribution in [0.15, 0.2) is 0 Å². The second-order valence-electron chi connectivity index (χ2n) is 4.46. The monoisotopic (exact) mass is 228 g/mol. The Morgan fingerprint density at radius 2 is 2.12 bits per heavy atom. The van der Waals surface area contributed by atoms with Crippen LogP contribution in [0.2, 0.25) is 0 Å². The summed E-state index contributed by atoms with van der Waals surface area (Å²) in [6, 6.07) is -0.345. The molecule has 2 fully saturated rings. The molecule has 0 aromatic heterocycles. The number of aliphatic hydroxyl groups is 1. The van der Waals surface area contributed by atoms with Crippen molar-refractivity contribution in [2.75, 3.05) is 19.6 Å². The number of β-amino-alcohol motifs (C(OH)–C–C–N with tert-alkyl or cyclic N) is 1. The molecule has 90 valence electrons. The summed E-state index contributed by atoms with van der Waals surface area (Å²) in [5, 5.41) is 21.1. The SMILES string of the molecule is O=C(O)C1CCN(C(=O)C2CC(O)CN2)C1. The third-order valence-corrected chi connectivity index (χ3v) is 3.25. The van der Waals surface area contributed by atoms with Gasteiger partial charge in [0.1, 0.15) is 0 Å². The molecule has 0 radical (unpaired) electrons. The molecule has 2 saturated heterocycles. The van der Waals surface area contributed by atoms with E-state index in [4.69, 9.17) is 5.11 Å². The maximum Gasteiger partial charge on any atom is 0.308 e. The molecule has 3 unspecified atom stereocenters. The first kappa shape index (κ1) is 11.3. The number of rotatable bonds is 2. The Morgan fingerprint density at radius 3 is 2.62 bits per heavy atom. The van der Waals surface area contributed by atoms with Gasteiger partial charge in [0, 0.05) is 19.6 Å². The molecule has 2 rings (SSSR count). The van der Waals surface area contributed by atoms with Crippen molar-refractivity contribution in [3.05, 3.63) is 0 Å². The molecule has 0 saturated carbocycles. The molecule has 0 bridgehead atoms. The second-order valence-corrected chi connectivity index (χ2v) is 4.46. The van der Waals surface area contributed by atoms with Crippen molar-refractivity contribution in [2.45, 2.75) is 25.0 Å². The first-order valence-electron chi connectivity index (χ1n) is 5.51. The van der Waals surface area contributed by atoms with Gasteiger partial charge in [0.2, 0.25) is 5.91 Å². The van der Waals surface area contributed by atoms with E-state index in [1.807, 2.05) is 0 Å². The molecule has 6 nitrogen and oxygen atoms in total. The lowest BCUT2D eigenvalue weighted by Gasteiger charge is -2.20. The number of nitrogens with one attached hydrogen (secondary N) is 1. The first-order chi connectivity index (χ1) is 7.58. The summed E-state index contributed by atoms with van der Waals surface area (Å²) < 4.78 is 0. The summed E-state index contributed by atoms with van der Waals surface area (Å²) >= 11 is 0. The topological polar surface area (TPSA) is 89.9 Å². The van der Waals surface area contributed by atoms with E-state index in [9.17, 15) is 14.7 Å². The molecular weight excluding hydrogens is 212 g/mol. The predicted molar refractivity (Wildman–Crippen MR) is 54.7 cm³/mol. The van der Waals surface area contributed by atoms with Crippen LogP contribution in [0, 0.1) is 5.92 Å². The van der Waals surface area contributed by atoms with Gasteiger partial charge in [-0.05, 0) is 12.8 Å². The Hall–Kier alpha value is -1.14. The zero-order chi connectivity index (χ0) is 11.7. The molecule has 0 aromatic rings. The minimum absolute atomic E-state index is 0.0831. The molecule has 16 heavy (non-hydrogen) atoms. The van der Waals surface area contributed by atoms with Crippen LogP contribution in [-0.2, 0) is 9.59 Å². The average molecular weight is 228 g/mol. The first-order valence-corrected chi connectivity index (χ1v) is 5.51. The third-order valence-electron chi connectivity index (χ3n) is 3.25. The van der Waals surface area contributed by atoms with Crippen LogP contribution in [0.4, 0.5) is 0 Å². The third kappa shape index (κ3) is 2.17. The van der Waals surface area contributed by atoms with Crippen LogP contribution in [0.25, 0.3) is 0 Å². The van der Waals surface area contributed by atoms with E-state index in [2.05, 4.69) is 5.32 Å². The lowest BCUT2D eigenvalue weighted by molar-refractivity contribution is -0.141. The Morgan fingerprint density at radius 1 is 1.38 bits per heavy atom. The molecule has 0 aromatic carbocycles. The van der Waals surface area contributed by atoms with Crippen LogP contribution in [-0.4, -0.2) is 58.8 Å². The maximum atomic E-state index is 11.9. The highest BCUT2D eigenvalue weighted by Crippen LogP contribution is 2.19. The average Bonchev–Trinajstić information content (AvgIpc) is 2.84. The molecule has 2 aliphatic heterocycles. The number of carboxylic acid groups (broad SMARTS) is 1. The molecule has 0 aliphatic carbocycles. The zero-order valence-corrected chi connectivity index (χ0v) is 8.93. The molecule has 6 heteroatoms. The highest BCUT2D eigenvalue weighted by molar-refractivity contribution is 5.83. The molecule has 2 heterocycles. The summed E-state index contributed by atoms with van der Waals surface area (Å²) in [5.41, 5.74) is 0. The van der Waals surface area contributed by atoms with E-state index >= 15 is 0 Å². The molecule has 3 N–H and O–H groups in total. The minimum atomic E-state index is -0.838. The van der Waals surface area contributed by atoms with Crippen molar-refractivity contribution in [1.29, 1.82) is 0 Å². The smallest absolute Gasteiger partial charge is 0.308 e. The van der Waals surface area contributed by atoms with Gasteiger partial charge in [0.05, 0.1) is 18.1 Å². The van der Waals surface area contributed by atoms with Gasteiger partial charge >= 0.3 is 5.97 Å². The van der Waals surface area contributed by atoms with Crippen molar-refractivity contribution < 1.29 is 19.8 Å². The highest BCUT2D eigenvalue weighted by Gasteiger charge is 2.36. The lowest BCUT2D eigenvalue weighted by atomic mass is 10.1. The minimum Gasteiger partial charge on any atom is -0.481 e. The van der Waals surface area contributed by atoms with Gasteiger partial charge < -0.3 is 20.4 Å². The number of hydrogen-bond acceptors (Lipinski definition) is 4. The van der Waals surface area contributed by atoms with E-state index in [1.54, 1.807) is 4.90 Å². The Bertz CT molecular complexity index is 307. The standard InChI is InChI=1S/C10H16N2O4/c13-7-3-8(11-4-7)9(14)12-2-1-6(5-12)10(15)16/h6-8,11,13H,1-5H2,(H,15,16). The number of carboxylic acids is 1.